The first-order valence-corrected chi connectivity index (χ1v) is 11.1. The van der Waals surface area contributed by atoms with Gasteiger partial charge in [-0.2, -0.15) is 4.98 Å². The van der Waals surface area contributed by atoms with Crippen molar-refractivity contribution in [2.45, 2.75) is 44.6 Å². The van der Waals surface area contributed by atoms with Crippen LogP contribution >= 0.6 is 0 Å². The summed E-state index contributed by atoms with van der Waals surface area (Å²) in [6.45, 7) is 0.479. The molecule has 7 heteroatoms. The number of nitrogens with one attached hydrogen (secondary N) is 1. The third-order valence-electron chi connectivity index (χ3n) is 5.84. The zero-order valence-corrected chi connectivity index (χ0v) is 18.3. The smallest absolute Gasteiger partial charge is 0.257 e. The van der Waals surface area contributed by atoms with Crippen LogP contribution < -0.4 is 5.32 Å². The van der Waals surface area contributed by atoms with Gasteiger partial charge in [0.15, 0.2) is 5.82 Å². The van der Waals surface area contributed by atoms with E-state index in [1.807, 2.05) is 30.3 Å². The van der Waals surface area contributed by atoms with Crippen LogP contribution in [0, 0.1) is 0 Å². The summed E-state index contributed by atoms with van der Waals surface area (Å²) in [6.07, 6.45) is 6.22. The molecule has 0 saturated heterocycles. The van der Waals surface area contributed by atoms with Gasteiger partial charge < -0.3 is 14.7 Å². The molecule has 2 aromatic carbocycles. The number of amides is 2. The van der Waals surface area contributed by atoms with Gasteiger partial charge in [0.1, 0.15) is 0 Å². The molecule has 2 amide bonds. The first kappa shape index (κ1) is 21.7. The van der Waals surface area contributed by atoms with Crippen molar-refractivity contribution in [1.29, 1.82) is 0 Å². The third-order valence-corrected chi connectivity index (χ3v) is 5.84. The van der Waals surface area contributed by atoms with Crippen LogP contribution in [0.15, 0.2) is 59.1 Å². The van der Waals surface area contributed by atoms with Crippen LogP contribution in [0.4, 0.5) is 0 Å². The van der Waals surface area contributed by atoms with Gasteiger partial charge in [0.25, 0.3) is 17.7 Å². The maximum absolute atomic E-state index is 12.5. The summed E-state index contributed by atoms with van der Waals surface area (Å²) in [7, 11) is 1.76. The molecule has 1 N–H and O–H groups in total. The molecule has 3 aromatic rings. The maximum Gasteiger partial charge on any atom is 0.257 e. The highest BCUT2D eigenvalue weighted by Gasteiger charge is 2.17. The largest absolute Gasteiger partial charge is 0.349 e. The number of likely N-dealkylation sites (N-methyl/N-ethyl adjacent to an activating group) is 1. The maximum atomic E-state index is 12.5. The Morgan fingerprint density at radius 1 is 1.00 bits per heavy atom. The second-order valence-corrected chi connectivity index (χ2v) is 8.24. The van der Waals surface area contributed by atoms with Gasteiger partial charge in [0.2, 0.25) is 0 Å². The van der Waals surface area contributed by atoms with Gasteiger partial charge in [-0.15, -0.1) is 0 Å². The molecule has 1 aliphatic rings. The highest BCUT2D eigenvalue weighted by Crippen LogP contribution is 2.20. The number of hydrogen-bond donors (Lipinski definition) is 1. The fourth-order valence-electron chi connectivity index (χ4n) is 3.92. The number of carbonyl (C=O) groups excluding carboxylic acids is 2. The summed E-state index contributed by atoms with van der Waals surface area (Å²) in [5.74, 6) is 0.848. The van der Waals surface area contributed by atoms with Gasteiger partial charge in [0, 0.05) is 42.7 Å². The minimum Gasteiger partial charge on any atom is -0.349 e. The molecule has 32 heavy (non-hydrogen) atoms. The van der Waals surface area contributed by atoms with E-state index in [1.165, 1.54) is 19.3 Å². The van der Waals surface area contributed by atoms with Gasteiger partial charge in [0.05, 0.1) is 0 Å². The zero-order chi connectivity index (χ0) is 22.3. The van der Waals surface area contributed by atoms with Crippen molar-refractivity contribution in [3.63, 3.8) is 0 Å². The number of aromatic nitrogens is 2. The topological polar surface area (TPSA) is 88.3 Å². The van der Waals surface area contributed by atoms with Crippen molar-refractivity contribution in [3.05, 3.63) is 71.5 Å². The first-order valence-electron chi connectivity index (χ1n) is 11.1. The molecule has 0 radical (unpaired) electrons. The molecule has 4 rings (SSSR count). The van der Waals surface area contributed by atoms with Gasteiger partial charge >= 0.3 is 0 Å². The highest BCUT2D eigenvalue weighted by molar-refractivity contribution is 5.95. The van der Waals surface area contributed by atoms with Gasteiger partial charge in [-0.1, -0.05) is 42.6 Å². The molecule has 0 aliphatic heterocycles. The summed E-state index contributed by atoms with van der Waals surface area (Å²) in [6, 6.07) is 16.6. The Morgan fingerprint density at radius 2 is 1.72 bits per heavy atom. The lowest BCUT2D eigenvalue weighted by Gasteiger charge is -2.22. The van der Waals surface area contributed by atoms with E-state index in [-0.39, 0.29) is 17.9 Å². The second-order valence-electron chi connectivity index (χ2n) is 8.24. The first-order chi connectivity index (χ1) is 15.6. The predicted octanol–water partition coefficient (Wildman–Crippen LogP) is 4.11. The summed E-state index contributed by atoms with van der Waals surface area (Å²) in [4.78, 5) is 31.0. The Morgan fingerprint density at radius 3 is 2.44 bits per heavy atom. The van der Waals surface area contributed by atoms with E-state index in [4.69, 9.17) is 4.52 Å². The molecule has 0 atom stereocenters. The monoisotopic (exact) mass is 432 g/mol. The van der Waals surface area contributed by atoms with Crippen molar-refractivity contribution in [1.82, 2.24) is 20.4 Å². The molecule has 7 nitrogen and oxygen atoms in total. The van der Waals surface area contributed by atoms with Crippen LogP contribution in [0.2, 0.25) is 0 Å². The van der Waals surface area contributed by atoms with Crippen LogP contribution in [0.1, 0.15) is 58.6 Å². The van der Waals surface area contributed by atoms with Crippen molar-refractivity contribution in [2.75, 3.05) is 13.6 Å². The lowest BCUT2D eigenvalue weighted by molar-refractivity contribution is 0.0795. The van der Waals surface area contributed by atoms with Crippen LogP contribution in [-0.4, -0.2) is 46.5 Å². The lowest BCUT2D eigenvalue weighted by Crippen LogP contribution is -2.36. The molecule has 0 bridgehead atoms. The summed E-state index contributed by atoms with van der Waals surface area (Å²) >= 11 is 0. The van der Waals surface area contributed by atoms with Gasteiger partial charge in [-0.25, -0.2) is 0 Å². The quantitative estimate of drug-likeness (QED) is 0.607. The minimum atomic E-state index is -0.0450. The van der Waals surface area contributed by atoms with Crippen molar-refractivity contribution >= 4 is 11.8 Å². The normalized spacial score (nSPS) is 14.2. The summed E-state index contributed by atoms with van der Waals surface area (Å²) in [5.41, 5.74) is 2.03. The zero-order valence-electron chi connectivity index (χ0n) is 18.3. The number of rotatable bonds is 7. The Hall–Kier alpha value is -3.48. The van der Waals surface area contributed by atoms with Crippen LogP contribution in [0.25, 0.3) is 11.5 Å². The van der Waals surface area contributed by atoms with Crippen molar-refractivity contribution in [3.8, 4) is 11.5 Å². The number of hydrogen-bond acceptors (Lipinski definition) is 5. The Balaban J connectivity index is 1.32. The molecule has 1 fully saturated rings. The van der Waals surface area contributed by atoms with E-state index >= 15 is 0 Å². The summed E-state index contributed by atoms with van der Waals surface area (Å²) in [5, 5.41) is 7.15. The molecular formula is C25H28N4O3. The van der Waals surface area contributed by atoms with E-state index in [0.717, 1.165) is 18.4 Å². The molecule has 1 heterocycles. The van der Waals surface area contributed by atoms with E-state index in [9.17, 15) is 9.59 Å². The number of benzene rings is 2. The van der Waals surface area contributed by atoms with Crippen LogP contribution in [-0.2, 0) is 6.42 Å². The SMILES string of the molecule is CN(CCc1noc(-c2ccc(C(=O)NC3CCCCC3)cc2)n1)C(=O)c1ccccc1. The molecule has 1 saturated carbocycles. The molecule has 0 unspecified atom stereocenters. The third kappa shape index (κ3) is 5.41. The molecule has 1 aliphatic carbocycles. The molecule has 166 valence electrons. The standard InChI is InChI=1S/C25H28N4O3/c1-29(25(31)20-8-4-2-5-9-20)17-16-22-27-24(32-28-22)19-14-12-18(13-15-19)23(30)26-21-10-6-3-7-11-21/h2,4-5,8-9,12-15,21H,3,6-7,10-11,16-17H2,1H3,(H,26,30). The number of nitrogens with zero attached hydrogens (tertiary/aromatic N) is 3. The highest BCUT2D eigenvalue weighted by atomic mass is 16.5. The van der Waals surface area contributed by atoms with Gasteiger partial charge in [-0.05, 0) is 49.2 Å². The van der Waals surface area contributed by atoms with Crippen molar-refractivity contribution in [2.24, 2.45) is 0 Å². The lowest BCUT2D eigenvalue weighted by atomic mass is 9.95. The van der Waals surface area contributed by atoms with Gasteiger partial charge in [-0.3, -0.25) is 9.59 Å². The van der Waals surface area contributed by atoms with E-state index in [1.54, 1.807) is 36.2 Å². The average molecular weight is 433 g/mol. The Bertz CT molecular complexity index is 1040. The van der Waals surface area contributed by atoms with Crippen molar-refractivity contribution < 1.29 is 14.1 Å². The minimum absolute atomic E-state index is 0.0409. The van der Waals surface area contributed by atoms with E-state index < -0.39 is 0 Å². The molecule has 1 aromatic heterocycles. The fourth-order valence-corrected chi connectivity index (χ4v) is 3.92. The summed E-state index contributed by atoms with van der Waals surface area (Å²) < 4.78 is 5.38. The molecular weight excluding hydrogens is 404 g/mol. The fraction of sp³-hybridized carbons (Fsp3) is 0.360. The Labute approximate surface area is 187 Å². The predicted molar refractivity (Wildman–Crippen MR) is 121 cm³/mol. The Kier molecular flexibility index (Phi) is 6.94. The molecule has 0 spiro atoms. The second kappa shape index (κ2) is 10.2. The van der Waals surface area contributed by atoms with E-state index in [2.05, 4.69) is 15.5 Å². The van der Waals surface area contributed by atoms with E-state index in [0.29, 0.717) is 35.8 Å². The van der Waals surface area contributed by atoms with Crippen LogP contribution in [0.3, 0.4) is 0 Å². The van der Waals surface area contributed by atoms with Crippen LogP contribution in [0.5, 0.6) is 0 Å². The average Bonchev–Trinajstić information content (AvgIpc) is 3.32. The number of carbonyl (C=O) groups is 2.